The minimum Gasteiger partial charge on any atom is -0.481 e. The van der Waals surface area contributed by atoms with E-state index >= 15 is 0 Å². The van der Waals surface area contributed by atoms with Gasteiger partial charge < -0.3 is 10.2 Å². The molecule has 3 nitrogen and oxygen atoms in total. The van der Waals surface area contributed by atoms with Crippen LogP contribution in [0.3, 0.4) is 0 Å². The summed E-state index contributed by atoms with van der Waals surface area (Å²) in [4.78, 5) is 9.00. The summed E-state index contributed by atoms with van der Waals surface area (Å²) in [5.41, 5.74) is 0. The highest BCUT2D eigenvalue weighted by atomic mass is 35.6. The van der Waals surface area contributed by atoms with Crippen molar-refractivity contribution in [3.8, 4) is 0 Å². The number of hydrogen-bond donors (Lipinski definition) is 2. The van der Waals surface area contributed by atoms with E-state index in [4.69, 9.17) is 49.8 Å². The molecule has 11 heavy (non-hydrogen) atoms. The molecule has 0 fully saturated rings. The lowest BCUT2D eigenvalue weighted by Crippen LogP contribution is -2.03. The van der Waals surface area contributed by atoms with Gasteiger partial charge in [-0.25, -0.2) is 0 Å². The second-order valence-electron chi connectivity index (χ2n) is 1.61. The normalized spacial score (nSPS) is 9.91. The Kier molecular flexibility index (Phi) is 8.79. The van der Waals surface area contributed by atoms with Gasteiger partial charge in [0.15, 0.2) is 3.79 Å². The topological polar surface area (TPSA) is 57.5 Å². The van der Waals surface area contributed by atoms with E-state index < -0.39 is 9.76 Å². The molecule has 0 aliphatic heterocycles. The van der Waals surface area contributed by atoms with Gasteiger partial charge >= 0.3 is 0 Å². The first-order chi connectivity index (χ1) is 4.79. The van der Waals surface area contributed by atoms with Crippen LogP contribution in [0.25, 0.3) is 0 Å². The molecule has 0 unspecified atom stereocenters. The number of halogens is 3. The van der Waals surface area contributed by atoms with Crippen molar-refractivity contribution in [1.29, 1.82) is 0 Å². The van der Waals surface area contributed by atoms with Crippen LogP contribution in [0.1, 0.15) is 13.3 Å². The number of hydrogen-bond acceptors (Lipinski definition) is 2. The number of carboxylic acids is 1. The Hall–Kier alpha value is 0.300. The molecule has 0 aromatic heterocycles. The lowest BCUT2D eigenvalue weighted by Gasteiger charge is -2.05. The third-order valence-electron chi connectivity index (χ3n) is 0.395. The first-order valence-electron chi connectivity index (χ1n) is 2.66. The molecule has 0 aliphatic rings. The van der Waals surface area contributed by atoms with E-state index in [0.29, 0.717) is 0 Å². The summed E-state index contributed by atoms with van der Waals surface area (Å²) in [6.07, 6.45) is 0.192. The fourth-order valence-electron chi connectivity index (χ4n) is 0.127. The van der Waals surface area contributed by atoms with Crippen molar-refractivity contribution < 1.29 is 15.0 Å². The molecule has 0 amide bonds. The summed E-state index contributed by atoms with van der Waals surface area (Å²) in [7, 11) is 0. The Morgan fingerprint density at radius 2 is 1.73 bits per heavy atom. The van der Waals surface area contributed by atoms with E-state index in [2.05, 4.69) is 0 Å². The largest absolute Gasteiger partial charge is 0.481 e. The molecule has 6 heteroatoms. The maximum Gasteiger partial charge on any atom is 0.300 e. The summed E-state index contributed by atoms with van der Waals surface area (Å²) in [5.74, 6) is -0.833. The van der Waals surface area contributed by atoms with Gasteiger partial charge in [0.25, 0.3) is 5.97 Å². The van der Waals surface area contributed by atoms with E-state index in [1.54, 1.807) is 0 Å². The predicted octanol–water partition coefficient (Wildman–Crippen LogP) is 1.83. The highest BCUT2D eigenvalue weighted by Gasteiger charge is 2.17. The maximum atomic E-state index is 9.00. The molecule has 68 valence electrons. The van der Waals surface area contributed by atoms with E-state index in [0.717, 1.165) is 6.92 Å². The molecular weight excluding hydrogens is 214 g/mol. The van der Waals surface area contributed by atoms with Crippen molar-refractivity contribution in [2.75, 3.05) is 6.61 Å². The molecule has 2 N–H and O–H groups in total. The highest BCUT2D eigenvalue weighted by Crippen LogP contribution is 2.28. The van der Waals surface area contributed by atoms with Crippen LogP contribution in [-0.2, 0) is 4.79 Å². The lowest BCUT2D eigenvalue weighted by atomic mass is 10.5. The van der Waals surface area contributed by atoms with Gasteiger partial charge in [-0.05, 0) is 0 Å². The number of alkyl halides is 3. The van der Waals surface area contributed by atoms with Crippen molar-refractivity contribution in [1.82, 2.24) is 0 Å². The molecule has 0 rings (SSSR count). The summed E-state index contributed by atoms with van der Waals surface area (Å²) in [6.45, 7) is 0.997. The summed E-state index contributed by atoms with van der Waals surface area (Å²) >= 11 is 15.6. The number of aliphatic carboxylic acids is 1. The maximum absolute atomic E-state index is 9.00. The van der Waals surface area contributed by atoms with Gasteiger partial charge in [0.2, 0.25) is 0 Å². The summed E-state index contributed by atoms with van der Waals surface area (Å²) < 4.78 is -1.28. The summed E-state index contributed by atoms with van der Waals surface area (Å²) in [5, 5.41) is 15.6. The standard InChI is InChI=1S/C3H5Cl3O.C2H4O2/c4-3(5,6)1-2-7;1-2(3)4/h7H,1-2H2;1H3,(H,3,4). The zero-order chi connectivity index (χ0) is 9.49. The van der Waals surface area contributed by atoms with Crippen LogP contribution in [0, 0.1) is 0 Å². The molecule has 0 saturated carbocycles. The molecule has 0 radical (unpaired) electrons. The van der Waals surface area contributed by atoms with E-state index in [1.807, 2.05) is 0 Å². The van der Waals surface area contributed by atoms with Crippen LogP contribution in [0.15, 0.2) is 0 Å². The Morgan fingerprint density at radius 1 is 1.45 bits per heavy atom. The molecule has 0 bridgehead atoms. The van der Waals surface area contributed by atoms with Gasteiger partial charge in [0, 0.05) is 20.0 Å². The fraction of sp³-hybridized carbons (Fsp3) is 0.800. The molecule has 0 aliphatic carbocycles. The molecule has 0 saturated heterocycles. The van der Waals surface area contributed by atoms with E-state index in [9.17, 15) is 0 Å². The van der Waals surface area contributed by atoms with Crippen molar-refractivity contribution in [2.45, 2.75) is 17.1 Å². The number of carboxylic acid groups (broad SMARTS) is 1. The Balaban J connectivity index is 0. The van der Waals surface area contributed by atoms with Crippen LogP contribution in [-0.4, -0.2) is 26.6 Å². The Bertz CT molecular complexity index is 106. The van der Waals surface area contributed by atoms with Crippen LogP contribution >= 0.6 is 34.8 Å². The van der Waals surface area contributed by atoms with Gasteiger partial charge in [-0.3, -0.25) is 4.79 Å². The molecule has 0 spiro atoms. The minimum absolute atomic E-state index is 0.0868. The van der Waals surface area contributed by atoms with Gasteiger partial charge in [-0.2, -0.15) is 0 Å². The minimum atomic E-state index is -1.28. The first kappa shape index (κ1) is 13.9. The van der Waals surface area contributed by atoms with Crippen LogP contribution < -0.4 is 0 Å². The van der Waals surface area contributed by atoms with Gasteiger partial charge in [0.05, 0.1) is 0 Å². The average Bonchev–Trinajstić information content (AvgIpc) is 1.58. The highest BCUT2D eigenvalue weighted by molar-refractivity contribution is 6.67. The zero-order valence-corrected chi connectivity index (χ0v) is 8.12. The lowest BCUT2D eigenvalue weighted by molar-refractivity contribution is -0.134. The predicted molar refractivity (Wildman–Crippen MR) is 45.3 cm³/mol. The SMILES string of the molecule is CC(=O)O.OCCC(Cl)(Cl)Cl. The summed E-state index contributed by atoms with van der Waals surface area (Å²) in [6, 6.07) is 0. The second-order valence-corrected chi connectivity index (χ2v) is 4.12. The second kappa shape index (κ2) is 6.98. The van der Waals surface area contributed by atoms with Crippen molar-refractivity contribution >= 4 is 40.8 Å². The molecule has 0 heterocycles. The van der Waals surface area contributed by atoms with Crippen molar-refractivity contribution in [2.24, 2.45) is 0 Å². The van der Waals surface area contributed by atoms with Gasteiger partial charge in [0.1, 0.15) is 0 Å². The molecule has 0 aromatic carbocycles. The number of aliphatic hydroxyl groups excluding tert-OH is 1. The number of rotatable bonds is 1. The quantitative estimate of drug-likeness (QED) is 0.667. The van der Waals surface area contributed by atoms with Gasteiger partial charge in [-0.15, -0.1) is 0 Å². The smallest absolute Gasteiger partial charge is 0.300 e. The van der Waals surface area contributed by atoms with Crippen LogP contribution in [0.5, 0.6) is 0 Å². The molecule has 0 aromatic rings. The fourth-order valence-corrected chi connectivity index (χ4v) is 0.380. The third-order valence-corrected chi connectivity index (χ3v) is 0.962. The van der Waals surface area contributed by atoms with E-state index in [1.165, 1.54) is 0 Å². The van der Waals surface area contributed by atoms with Crippen LogP contribution in [0.2, 0.25) is 0 Å². The monoisotopic (exact) mass is 222 g/mol. The molecular formula is C5H9Cl3O3. The number of aliphatic hydroxyl groups is 1. The number of carbonyl (C=O) groups is 1. The zero-order valence-electron chi connectivity index (χ0n) is 5.85. The van der Waals surface area contributed by atoms with Crippen molar-refractivity contribution in [3.63, 3.8) is 0 Å². The first-order valence-corrected chi connectivity index (χ1v) is 3.80. The third kappa shape index (κ3) is 38.4. The van der Waals surface area contributed by atoms with Crippen molar-refractivity contribution in [3.05, 3.63) is 0 Å². The Labute approximate surface area is 79.9 Å². The van der Waals surface area contributed by atoms with E-state index in [-0.39, 0.29) is 13.0 Å². The molecule has 0 atom stereocenters. The van der Waals surface area contributed by atoms with Crippen LogP contribution in [0.4, 0.5) is 0 Å². The average molecular weight is 223 g/mol. The van der Waals surface area contributed by atoms with Gasteiger partial charge in [-0.1, -0.05) is 34.8 Å². The Morgan fingerprint density at radius 3 is 1.73 bits per heavy atom.